The fourth-order valence-corrected chi connectivity index (χ4v) is 6.53. The first-order chi connectivity index (χ1) is 12.8. The highest BCUT2D eigenvalue weighted by Gasteiger charge is 2.41. The number of nitrogens with one attached hydrogen (secondary N) is 1. The van der Waals surface area contributed by atoms with Gasteiger partial charge in [0.1, 0.15) is 12.3 Å². The van der Waals surface area contributed by atoms with E-state index in [4.69, 9.17) is 21.1 Å². The van der Waals surface area contributed by atoms with Crippen LogP contribution in [0.25, 0.3) is 0 Å². The molecule has 1 amide bonds. The summed E-state index contributed by atoms with van der Waals surface area (Å²) in [4.78, 5) is 12.0. The van der Waals surface area contributed by atoms with Crippen molar-refractivity contribution >= 4 is 27.3 Å². The van der Waals surface area contributed by atoms with Gasteiger partial charge in [0, 0.05) is 12.5 Å². The Morgan fingerprint density at radius 2 is 1.93 bits per heavy atom. The van der Waals surface area contributed by atoms with Crippen LogP contribution in [0.2, 0.25) is 0 Å². The molecule has 0 radical (unpaired) electrons. The van der Waals surface area contributed by atoms with E-state index in [-0.39, 0.29) is 53.4 Å². The third-order valence-electron chi connectivity index (χ3n) is 5.68. The molecule has 1 N–H and O–H groups in total. The summed E-state index contributed by atoms with van der Waals surface area (Å²) in [5.74, 6) is -0.597. The van der Waals surface area contributed by atoms with Gasteiger partial charge in [-0.3, -0.25) is 4.79 Å². The summed E-state index contributed by atoms with van der Waals surface area (Å²) in [5.41, 5.74) is 0. The lowest BCUT2D eigenvalue weighted by molar-refractivity contribution is -0.158. The van der Waals surface area contributed by atoms with Crippen LogP contribution in [-0.4, -0.2) is 68.8 Å². The Morgan fingerprint density at radius 1 is 1.15 bits per heavy atom. The van der Waals surface area contributed by atoms with Crippen molar-refractivity contribution in [3.05, 3.63) is 0 Å². The maximum Gasteiger partial charge on any atom is 0.221 e. The molecule has 6 unspecified atom stereocenters. The Balaban J connectivity index is 1.43. The second kappa shape index (κ2) is 9.37. The zero-order valence-corrected chi connectivity index (χ0v) is 17.0. The van der Waals surface area contributed by atoms with Crippen molar-refractivity contribution in [2.24, 2.45) is 5.92 Å². The smallest absolute Gasteiger partial charge is 0.221 e. The number of halogens is 2. The summed E-state index contributed by atoms with van der Waals surface area (Å²) in [6, 6.07) is -0.181. The fraction of sp³-hybridized carbons (Fsp3) is 0.944. The van der Waals surface area contributed by atoms with Gasteiger partial charge in [0.2, 0.25) is 5.91 Å². The molecule has 27 heavy (non-hydrogen) atoms. The molecule has 3 aliphatic rings. The number of hydrogen-bond donors (Lipinski definition) is 1. The van der Waals surface area contributed by atoms with E-state index in [0.717, 1.165) is 12.8 Å². The van der Waals surface area contributed by atoms with Gasteiger partial charge in [-0.05, 0) is 44.4 Å². The van der Waals surface area contributed by atoms with Gasteiger partial charge in [-0.25, -0.2) is 12.8 Å². The Hall–Kier alpha value is -0.440. The van der Waals surface area contributed by atoms with Crippen molar-refractivity contribution < 1.29 is 27.1 Å². The highest BCUT2D eigenvalue weighted by Crippen LogP contribution is 2.34. The van der Waals surface area contributed by atoms with Gasteiger partial charge >= 0.3 is 0 Å². The van der Waals surface area contributed by atoms with Crippen molar-refractivity contribution in [3.8, 4) is 0 Å². The third kappa shape index (κ3) is 6.27. The first-order valence-electron chi connectivity index (χ1n) is 9.83. The lowest BCUT2D eigenvalue weighted by atomic mass is 9.85. The van der Waals surface area contributed by atoms with Gasteiger partial charge in [-0.2, -0.15) is 0 Å². The zero-order valence-electron chi connectivity index (χ0n) is 15.4. The number of carbonyl (C=O) groups excluding carboxylic acids is 1. The van der Waals surface area contributed by atoms with Gasteiger partial charge in [0.15, 0.2) is 9.84 Å². The van der Waals surface area contributed by atoms with E-state index >= 15 is 0 Å². The number of carbonyl (C=O) groups is 1. The van der Waals surface area contributed by atoms with E-state index in [0.29, 0.717) is 38.9 Å². The quantitative estimate of drug-likeness (QED) is 0.658. The molecule has 2 saturated carbocycles. The Bertz CT molecular complexity index is 619. The van der Waals surface area contributed by atoms with Crippen LogP contribution in [0.3, 0.4) is 0 Å². The highest BCUT2D eigenvalue weighted by atomic mass is 35.5. The third-order valence-corrected chi connectivity index (χ3v) is 7.91. The molecule has 6 nitrogen and oxygen atoms in total. The van der Waals surface area contributed by atoms with Crippen molar-refractivity contribution in [1.82, 2.24) is 5.32 Å². The molecule has 1 heterocycles. The Labute approximate surface area is 165 Å². The van der Waals surface area contributed by atoms with Gasteiger partial charge in [-0.15, -0.1) is 11.6 Å². The number of fused-ring (bicyclic) bond motifs is 1. The topological polar surface area (TPSA) is 81.7 Å². The molecule has 0 aromatic heterocycles. The van der Waals surface area contributed by atoms with E-state index in [1.165, 1.54) is 0 Å². The first kappa shape index (κ1) is 21.3. The largest absolute Gasteiger partial charge is 0.373 e. The molecule has 0 bridgehead atoms. The molecular weight excluding hydrogens is 397 g/mol. The summed E-state index contributed by atoms with van der Waals surface area (Å²) < 4.78 is 49.6. The minimum Gasteiger partial charge on any atom is -0.373 e. The highest BCUT2D eigenvalue weighted by molar-refractivity contribution is 7.91. The Kier molecular flexibility index (Phi) is 7.38. The maximum atomic E-state index is 13.4. The predicted molar refractivity (Wildman–Crippen MR) is 100 cm³/mol. The number of amides is 1. The van der Waals surface area contributed by atoms with Crippen molar-refractivity contribution in [1.29, 1.82) is 0 Å². The van der Waals surface area contributed by atoms with Gasteiger partial charge < -0.3 is 14.8 Å². The summed E-state index contributed by atoms with van der Waals surface area (Å²) in [7, 11) is -3.38. The molecule has 2 aliphatic carbocycles. The minimum atomic E-state index is -3.38. The minimum absolute atomic E-state index is 0.00601. The van der Waals surface area contributed by atoms with Crippen LogP contribution in [0, 0.1) is 5.92 Å². The lowest BCUT2D eigenvalue weighted by Crippen LogP contribution is -2.50. The maximum absolute atomic E-state index is 13.4. The lowest BCUT2D eigenvalue weighted by Gasteiger charge is -2.41. The number of alkyl halides is 2. The van der Waals surface area contributed by atoms with Crippen LogP contribution in [0.15, 0.2) is 0 Å². The fourth-order valence-electron chi connectivity index (χ4n) is 4.39. The number of rotatable bonds is 6. The normalized spacial score (nSPS) is 37.4. The van der Waals surface area contributed by atoms with E-state index in [1.54, 1.807) is 0 Å². The average Bonchev–Trinajstić information content (AvgIpc) is 2.60. The van der Waals surface area contributed by atoms with Crippen LogP contribution >= 0.6 is 11.6 Å². The first-order valence-corrected chi connectivity index (χ1v) is 12.1. The second-order valence-electron chi connectivity index (χ2n) is 7.99. The van der Waals surface area contributed by atoms with Gasteiger partial charge in [-0.1, -0.05) is 0 Å². The summed E-state index contributed by atoms with van der Waals surface area (Å²) in [6.45, 7) is 1.03. The standard InChI is InChI=1S/C18H29ClFNO5S/c19-15-8-12(9-16-18(15)26-6-5-25-16)11-27(23,24)7-4-17(22)21-14-3-1-2-13(20)10-14/h12-16,18H,1-11H2,(H,21,22). The molecule has 6 atom stereocenters. The van der Waals surface area contributed by atoms with E-state index in [1.807, 2.05) is 0 Å². The van der Waals surface area contributed by atoms with Gasteiger partial charge in [0.25, 0.3) is 0 Å². The second-order valence-corrected chi connectivity index (χ2v) is 10.8. The Morgan fingerprint density at radius 3 is 2.70 bits per heavy atom. The number of ether oxygens (including phenoxy) is 2. The van der Waals surface area contributed by atoms with Crippen molar-refractivity contribution in [2.75, 3.05) is 24.7 Å². The van der Waals surface area contributed by atoms with Crippen LogP contribution < -0.4 is 5.32 Å². The number of hydrogen-bond acceptors (Lipinski definition) is 5. The summed E-state index contributed by atoms with van der Waals surface area (Å²) in [5, 5.41) is 2.51. The molecule has 156 valence electrons. The molecule has 0 aromatic rings. The molecule has 1 saturated heterocycles. The molecule has 9 heteroatoms. The van der Waals surface area contributed by atoms with E-state index in [2.05, 4.69) is 5.32 Å². The van der Waals surface area contributed by atoms with Crippen molar-refractivity contribution in [2.45, 2.75) is 74.7 Å². The van der Waals surface area contributed by atoms with E-state index in [9.17, 15) is 17.6 Å². The average molecular weight is 426 g/mol. The molecule has 3 rings (SSSR count). The summed E-state index contributed by atoms with van der Waals surface area (Å²) in [6.07, 6.45) is 2.26. The predicted octanol–water partition coefficient (Wildman–Crippen LogP) is 1.99. The SMILES string of the molecule is O=C(CCS(=O)(=O)CC1CC(Cl)C2OCCOC2C1)NC1CCCC(F)C1. The molecule has 0 spiro atoms. The zero-order chi connectivity index (χ0) is 19.4. The van der Waals surface area contributed by atoms with Crippen LogP contribution in [0.5, 0.6) is 0 Å². The van der Waals surface area contributed by atoms with E-state index < -0.39 is 16.0 Å². The van der Waals surface area contributed by atoms with Crippen LogP contribution in [0.4, 0.5) is 4.39 Å². The summed E-state index contributed by atoms with van der Waals surface area (Å²) >= 11 is 6.37. The molecule has 1 aliphatic heterocycles. The number of sulfone groups is 1. The van der Waals surface area contributed by atoms with Crippen molar-refractivity contribution in [3.63, 3.8) is 0 Å². The van der Waals surface area contributed by atoms with Crippen LogP contribution in [-0.2, 0) is 24.1 Å². The molecule has 0 aromatic carbocycles. The molecule has 3 fully saturated rings. The van der Waals surface area contributed by atoms with Crippen LogP contribution in [0.1, 0.15) is 44.9 Å². The molecular formula is C18H29ClFNO5S. The monoisotopic (exact) mass is 425 g/mol. The van der Waals surface area contributed by atoms with Gasteiger partial charge in [0.05, 0.1) is 36.2 Å².